The lowest BCUT2D eigenvalue weighted by Gasteiger charge is -2.43. The van der Waals surface area contributed by atoms with Crippen molar-refractivity contribution in [2.75, 3.05) is 13.1 Å². The van der Waals surface area contributed by atoms with Crippen LogP contribution in [0.25, 0.3) is 0 Å². The first-order valence-electron chi connectivity index (χ1n) is 8.23. The molecule has 3 aliphatic rings. The van der Waals surface area contributed by atoms with E-state index in [4.69, 9.17) is 0 Å². The lowest BCUT2D eigenvalue weighted by molar-refractivity contribution is -0.145. The van der Waals surface area contributed by atoms with E-state index in [0.717, 1.165) is 12.1 Å². The third kappa shape index (κ3) is 2.45. The summed E-state index contributed by atoms with van der Waals surface area (Å²) in [5.74, 6) is -3.42. The molecule has 5 nitrogen and oxygen atoms in total. The Balaban J connectivity index is 1.43. The van der Waals surface area contributed by atoms with E-state index in [9.17, 15) is 23.2 Å². The molecule has 0 unspecified atom stereocenters. The monoisotopic (exact) mass is 346 g/mol. The molecule has 0 aromatic heterocycles. The summed E-state index contributed by atoms with van der Waals surface area (Å²) < 4.78 is 26.2. The van der Waals surface area contributed by atoms with E-state index >= 15 is 0 Å². The molecule has 4 rings (SSSR count). The van der Waals surface area contributed by atoms with Gasteiger partial charge in [0.15, 0.2) is 11.6 Å². The van der Waals surface area contributed by atoms with Gasteiger partial charge in [0, 0.05) is 18.7 Å². The van der Waals surface area contributed by atoms with Gasteiger partial charge in [0.05, 0.1) is 17.9 Å². The summed E-state index contributed by atoms with van der Waals surface area (Å²) in [6, 6.07) is 2.66. The first-order valence-corrected chi connectivity index (χ1v) is 8.23. The Bertz CT molecular complexity index is 776. The molecule has 2 fully saturated rings. The van der Waals surface area contributed by atoms with Crippen molar-refractivity contribution in [3.63, 3.8) is 0 Å². The van der Waals surface area contributed by atoms with Crippen LogP contribution in [0, 0.1) is 23.5 Å². The molecule has 0 bridgehead atoms. The summed E-state index contributed by atoms with van der Waals surface area (Å²) >= 11 is 0. The molecule has 7 heteroatoms. The van der Waals surface area contributed by atoms with Gasteiger partial charge in [-0.15, -0.1) is 0 Å². The molecule has 2 atom stereocenters. The van der Waals surface area contributed by atoms with Crippen molar-refractivity contribution < 1.29 is 23.2 Å². The first kappa shape index (κ1) is 15.9. The maximum atomic E-state index is 13.3. The fraction of sp³-hybridized carbons (Fsp3) is 0.389. The van der Waals surface area contributed by atoms with Crippen molar-refractivity contribution in [3.8, 4) is 0 Å². The number of benzene rings is 1. The van der Waals surface area contributed by atoms with E-state index in [1.807, 2.05) is 12.2 Å². The number of likely N-dealkylation sites (tertiary alicyclic amines) is 2. The van der Waals surface area contributed by atoms with Crippen LogP contribution in [0.5, 0.6) is 0 Å². The van der Waals surface area contributed by atoms with Gasteiger partial charge in [0.2, 0.25) is 11.8 Å². The summed E-state index contributed by atoms with van der Waals surface area (Å²) in [5, 5.41) is 0. The lowest BCUT2D eigenvalue weighted by atomic mass is 9.85. The summed E-state index contributed by atoms with van der Waals surface area (Å²) in [5.41, 5.74) is 0.0503. The van der Waals surface area contributed by atoms with E-state index in [1.165, 1.54) is 15.9 Å². The molecule has 1 aliphatic carbocycles. The molecule has 25 heavy (non-hydrogen) atoms. The van der Waals surface area contributed by atoms with Gasteiger partial charge in [-0.1, -0.05) is 12.2 Å². The number of hydrogen-bond acceptors (Lipinski definition) is 3. The summed E-state index contributed by atoms with van der Waals surface area (Å²) in [4.78, 5) is 40.0. The Labute approximate surface area is 142 Å². The molecule has 3 amide bonds. The van der Waals surface area contributed by atoms with Crippen LogP contribution in [0.4, 0.5) is 8.78 Å². The van der Waals surface area contributed by atoms with Crippen molar-refractivity contribution in [2.45, 2.75) is 18.9 Å². The number of hydrogen-bond donors (Lipinski definition) is 0. The maximum absolute atomic E-state index is 13.3. The topological polar surface area (TPSA) is 57.7 Å². The van der Waals surface area contributed by atoms with Crippen LogP contribution in [0.1, 0.15) is 23.2 Å². The maximum Gasteiger partial charge on any atom is 0.254 e. The van der Waals surface area contributed by atoms with Crippen LogP contribution >= 0.6 is 0 Å². The van der Waals surface area contributed by atoms with Gasteiger partial charge in [-0.2, -0.15) is 0 Å². The van der Waals surface area contributed by atoms with Crippen LogP contribution in [0.2, 0.25) is 0 Å². The van der Waals surface area contributed by atoms with Crippen LogP contribution < -0.4 is 0 Å². The SMILES string of the molecule is O=C(c1ccc(F)c(F)c1)N1CC(N2C(=O)[C@H]3CC=CC[C@H]3C2=O)C1. The van der Waals surface area contributed by atoms with E-state index in [1.54, 1.807) is 0 Å². The van der Waals surface area contributed by atoms with Crippen molar-refractivity contribution in [3.05, 3.63) is 47.5 Å². The average Bonchev–Trinajstić information content (AvgIpc) is 2.81. The number of nitrogens with zero attached hydrogens (tertiary/aromatic N) is 2. The standard InChI is InChI=1S/C18H16F2N2O3/c19-14-6-5-10(7-15(14)20)16(23)21-8-11(9-21)22-17(24)12-3-1-2-4-13(12)18(22)25/h1-2,5-7,11-13H,3-4,8-9H2/t12-,13+. The number of carbonyl (C=O) groups excluding carboxylic acids is 3. The number of allylic oxidation sites excluding steroid dienone is 2. The fourth-order valence-electron chi connectivity index (χ4n) is 3.78. The average molecular weight is 346 g/mol. The van der Waals surface area contributed by atoms with Gasteiger partial charge < -0.3 is 4.90 Å². The van der Waals surface area contributed by atoms with E-state index < -0.39 is 17.5 Å². The van der Waals surface area contributed by atoms with E-state index in [2.05, 4.69) is 0 Å². The van der Waals surface area contributed by atoms with Crippen LogP contribution in [0.3, 0.4) is 0 Å². The first-order chi connectivity index (χ1) is 12.0. The minimum Gasteiger partial charge on any atom is -0.334 e. The van der Waals surface area contributed by atoms with Gasteiger partial charge in [0.1, 0.15) is 0 Å². The highest BCUT2D eigenvalue weighted by atomic mass is 19.2. The second kappa shape index (κ2) is 5.75. The molecule has 130 valence electrons. The highest BCUT2D eigenvalue weighted by molar-refractivity contribution is 6.06. The molecule has 0 saturated carbocycles. The molecular formula is C18H16F2N2O3. The Morgan fingerprint density at radius 3 is 2.12 bits per heavy atom. The van der Waals surface area contributed by atoms with E-state index in [-0.39, 0.29) is 48.3 Å². The fourth-order valence-corrected chi connectivity index (χ4v) is 3.78. The Hall–Kier alpha value is -2.57. The van der Waals surface area contributed by atoms with Crippen molar-refractivity contribution in [1.29, 1.82) is 0 Å². The molecule has 1 aromatic carbocycles. The second-order valence-electron chi connectivity index (χ2n) is 6.70. The number of carbonyl (C=O) groups is 3. The highest BCUT2D eigenvalue weighted by Gasteiger charge is 2.52. The van der Waals surface area contributed by atoms with E-state index in [0.29, 0.717) is 12.8 Å². The smallest absolute Gasteiger partial charge is 0.254 e. The predicted molar refractivity (Wildman–Crippen MR) is 83.3 cm³/mol. The van der Waals surface area contributed by atoms with Gasteiger partial charge in [-0.25, -0.2) is 8.78 Å². The van der Waals surface area contributed by atoms with Gasteiger partial charge in [-0.05, 0) is 31.0 Å². The zero-order valence-corrected chi connectivity index (χ0v) is 13.3. The Morgan fingerprint density at radius 1 is 0.960 bits per heavy atom. The van der Waals surface area contributed by atoms with Crippen molar-refractivity contribution in [1.82, 2.24) is 9.80 Å². The minimum absolute atomic E-state index is 0.0503. The molecule has 0 N–H and O–H groups in total. The minimum atomic E-state index is -1.08. The van der Waals surface area contributed by atoms with Crippen molar-refractivity contribution in [2.24, 2.45) is 11.8 Å². The molecule has 2 aliphatic heterocycles. The Morgan fingerprint density at radius 2 is 1.56 bits per heavy atom. The molecule has 0 radical (unpaired) electrons. The molecule has 2 saturated heterocycles. The summed E-state index contributed by atoms with van der Waals surface area (Å²) in [6.07, 6.45) is 5.01. The van der Waals surface area contributed by atoms with Crippen LogP contribution in [-0.4, -0.2) is 46.7 Å². The second-order valence-corrected chi connectivity index (χ2v) is 6.70. The lowest BCUT2D eigenvalue weighted by Crippen LogP contribution is -2.62. The molecule has 2 heterocycles. The van der Waals surface area contributed by atoms with Gasteiger partial charge in [-0.3, -0.25) is 19.3 Å². The highest BCUT2D eigenvalue weighted by Crippen LogP contribution is 2.37. The number of rotatable bonds is 2. The third-order valence-corrected chi connectivity index (χ3v) is 5.22. The van der Waals surface area contributed by atoms with Crippen LogP contribution in [-0.2, 0) is 9.59 Å². The zero-order valence-electron chi connectivity index (χ0n) is 13.3. The number of fused-ring (bicyclic) bond motifs is 1. The van der Waals surface area contributed by atoms with Gasteiger partial charge >= 0.3 is 0 Å². The molecule has 1 aromatic rings. The molecule has 0 spiro atoms. The predicted octanol–water partition coefficient (Wildman–Crippen LogP) is 1.74. The summed E-state index contributed by atoms with van der Waals surface area (Å²) in [7, 11) is 0. The number of halogens is 2. The Kier molecular flexibility index (Phi) is 3.67. The number of amides is 3. The summed E-state index contributed by atoms with van der Waals surface area (Å²) in [6.45, 7) is 0.449. The normalized spacial score (nSPS) is 26.0. The molecular weight excluding hydrogens is 330 g/mol. The van der Waals surface area contributed by atoms with Crippen molar-refractivity contribution >= 4 is 17.7 Å². The zero-order chi connectivity index (χ0) is 17.7. The largest absolute Gasteiger partial charge is 0.334 e. The quantitative estimate of drug-likeness (QED) is 0.605. The third-order valence-electron chi connectivity index (χ3n) is 5.22. The van der Waals surface area contributed by atoms with Crippen LogP contribution in [0.15, 0.2) is 30.4 Å². The number of imide groups is 1. The van der Waals surface area contributed by atoms with Gasteiger partial charge in [0.25, 0.3) is 5.91 Å².